The van der Waals surface area contributed by atoms with Crippen LogP contribution in [-0.2, 0) is 9.47 Å². The maximum absolute atomic E-state index is 13.0. The van der Waals surface area contributed by atoms with E-state index in [1.807, 2.05) is 0 Å². The van der Waals surface area contributed by atoms with Crippen molar-refractivity contribution in [3.8, 4) is 0 Å². The van der Waals surface area contributed by atoms with E-state index >= 15 is 0 Å². The summed E-state index contributed by atoms with van der Waals surface area (Å²) in [4.78, 5) is 0. The van der Waals surface area contributed by atoms with E-state index in [1.165, 1.54) is 0 Å². The van der Waals surface area contributed by atoms with Gasteiger partial charge in [-0.2, -0.15) is 8.78 Å². The summed E-state index contributed by atoms with van der Waals surface area (Å²) in [6.07, 6.45) is -5.73. The first-order valence-electron chi connectivity index (χ1n) is 3.99. The van der Waals surface area contributed by atoms with Gasteiger partial charge in [0, 0.05) is 0 Å². The molecule has 4 nitrogen and oxygen atoms in total. The first-order valence-corrected chi connectivity index (χ1v) is 3.99. The molecule has 0 aliphatic carbocycles. The van der Waals surface area contributed by atoms with Crippen LogP contribution in [0.2, 0.25) is 0 Å². The van der Waals surface area contributed by atoms with Crippen LogP contribution in [0.25, 0.3) is 0 Å². The maximum Gasteiger partial charge on any atom is 0.384 e. The minimum atomic E-state index is -3.79. The molecule has 7 heteroatoms. The quantitative estimate of drug-likeness (QED) is 0.661. The van der Waals surface area contributed by atoms with E-state index in [-0.39, 0.29) is 6.61 Å². The van der Waals surface area contributed by atoms with Crippen LogP contribution in [0.4, 0.5) is 13.2 Å². The van der Waals surface area contributed by atoms with E-state index in [9.17, 15) is 18.3 Å². The number of hydrogen-bond donors (Lipinski definition) is 2. The lowest BCUT2D eigenvalue weighted by atomic mass is 9.92. The van der Waals surface area contributed by atoms with Crippen LogP contribution >= 0.6 is 0 Å². The highest BCUT2D eigenvalue weighted by Crippen LogP contribution is 2.37. The van der Waals surface area contributed by atoms with Crippen LogP contribution in [-0.4, -0.2) is 54.5 Å². The Morgan fingerprint density at radius 3 is 2.57 bits per heavy atom. The van der Waals surface area contributed by atoms with Gasteiger partial charge in [0.15, 0.2) is 6.10 Å². The van der Waals surface area contributed by atoms with Crippen LogP contribution in [0.1, 0.15) is 0 Å². The molecule has 1 fully saturated rings. The summed E-state index contributed by atoms with van der Waals surface area (Å²) in [5.74, 6) is 0. The van der Waals surface area contributed by atoms with Crippen molar-refractivity contribution in [2.24, 2.45) is 0 Å². The standard InChI is InChI=1S/C7H11F3O4/c8-1-2-14-7(9,10)5-6(12,3-11)4-13-5/h5,11-12H,1-4H2. The van der Waals surface area contributed by atoms with Gasteiger partial charge in [0.1, 0.15) is 12.3 Å². The van der Waals surface area contributed by atoms with Gasteiger partial charge in [-0.15, -0.1) is 0 Å². The van der Waals surface area contributed by atoms with Crippen LogP contribution in [0.5, 0.6) is 0 Å². The molecule has 84 valence electrons. The van der Waals surface area contributed by atoms with Gasteiger partial charge in [-0.1, -0.05) is 0 Å². The molecule has 1 aliphatic rings. The third-order valence-electron chi connectivity index (χ3n) is 1.94. The highest BCUT2D eigenvalue weighted by Gasteiger charge is 2.61. The molecule has 0 aromatic rings. The topological polar surface area (TPSA) is 58.9 Å². The van der Waals surface area contributed by atoms with Gasteiger partial charge in [0.05, 0.1) is 19.8 Å². The smallest absolute Gasteiger partial charge is 0.384 e. The van der Waals surface area contributed by atoms with Crippen molar-refractivity contribution in [3.63, 3.8) is 0 Å². The number of alkyl halides is 3. The molecule has 0 amide bonds. The Morgan fingerprint density at radius 2 is 2.21 bits per heavy atom. The minimum Gasteiger partial charge on any atom is -0.393 e. The Labute approximate surface area is 78.2 Å². The average Bonchev–Trinajstić information content (AvgIpc) is 2.11. The number of aliphatic hydroxyl groups is 2. The molecule has 2 N–H and O–H groups in total. The number of halogens is 3. The molecule has 0 aromatic heterocycles. The van der Waals surface area contributed by atoms with Crippen molar-refractivity contribution >= 4 is 0 Å². The lowest BCUT2D eigenvalue weighted by Gasteiger charge is -2.46. The summed E-state index contributed by atoms with van der Waals surface area (Å²) in [6.45, 7) is -3.08. The summed E-state index contributed by atoms with van der Waals surface area (Å²) >= 11 is 0. The molecule has 0 aromatic carbocycles. The second-order valence-corrected chi connectivity index (χ2v) is 3.05. The summed E-state index contributed by atoms with van der Waals surface area (Å²) < 4.78 is 45.7. The van der Waals surface area contributed by atoms with E-state index in [1.54, 1.807) is 0 Å². The first-order chi connectivity index (χ1) is 6.46. The molecule has 1 aliphatic heterocycles. The largest absolute Gasteiger partial charge is 0.393 e. The second kappa shape index (κ2) is 4.01. The molecule has 14 heavy (non-hydrogen) atoms. The third kappa shape index (κ3) is 2.00. The van der Waals surface area contributed by atoms with Gasteiger partial charge in [-0.3, -0.25) is 0 Å². The van der Waals surface area contributed by atoms with Crippen molar-refractivity contribution in [1.82, 2.24) is 0 Å². The SMILES string of the molecule is OCC1(O)COC1C(F)(F)OCCF. The Balaban J connectivity index is 2.55. The Hall–Kier alpha value is -0.370. The van der Waals surface area contributed by atoms with E-state index < -0.39 is 37.7 Å². The number of ether oxygens (including phenoxy) is 2. The molecule has 2 atom stereocenters. The lowest BCUT2D eigenvalue weighted by Crippen LogP contribution is -2.68. The van der Waals surface area contributed by atoms with E-state index in [2.05, 4.69) is 9.47 Å². The van der Waals surface area contributed by atoms with Gasteiger partial charge >= 0.3 is 6.11 Å². The van der Waals surface area contributed by atoms with Crippen LogP contribution in [0.15, 0.2) is 0 Å². The molecule has 1 saturated heterocycles. The summed E-state index contributed by atoms with van der Waals surface area (Å²) in [5.41, 5.74) is -2.00. The maximum atomic E-state index is 13.0. The highest BCUT2D eigenvalue weighted by atomic mass is 19.3. The number of rotatable bonds is 5. The van der Waals surface area contributed by atoms with E-state index in [0.29, 0.717) is 0 Å². The van der Waals surface area contributed by atoms with Gasteiger partial charge in [-0.05, 0) is 0 Å². The van der Waals surface area contributed by atoms with Gasteiger partial charge < -0.3 is 19.7 Å². The Morgan fingerprint density at radius 1 is 1.57 bits per heavy atom. The van der Waals surface area contributed by atoms with E-state index in [0.717, 1.165) is 0 Å². The highest BCUT2D eigenvalue weighted by molar-refractivity contribution is 4.99. The normalized spacial score (nSPS) is 32.8. The number of aliphatic hydroxyl groups excluding tert-OH is 1. The Kier molecular flexibility index (Phi) is 3.36. The fourth-order valence-electron chi connectivity index (χ4n) is 1.15. The molecule has 0 saturated carbocycles. The van der Waals surface area contributed by atoms with Gasteiger partial charge in [-0.25, -0.2) is 4.39 Å². The molecular weight excluding hydrogens is 205 g/mol. The molecule has 1 heterocycles. The van der Waals surface area contributed by atoms with Crippen LogP contribution in [0, 0.1) is 0 Å². The molecule has 0 spiro atoms. The van der Waals surface area contributed by atoms with Crippen molar-refractivity contribution in [2.45, 2.75) is 17.8 Å². The second-order valence-electron chi connectivity index (χ2n) is 3.05. The molecular formula is C7H11F3O4. The average molecular weight is 216 g/mol. The monoisotopic (exact) mass is 216 g/mol. The van der Waals surface area contributed by atoms with E-state index in [4.69, 9.17) is 5.11 Å². The first kappa shape index (κ1) is 11.7. The van der Waals surface area contributed by atoms with Crippen molar-refractivity contribution in [3.05, 3.63) is 0 Å². The summed E-state index contributed by atoms with van der Waals surface area (Å²) in [6, 6.07) is 0. The molecule has 0 bridgehead atoms. The zero-order chi connectivity index (χ0) is 10.8. The van der Waals surface area contributed by atoms with Gasteiger partial charge in [0.2, 0.25) is 0 Å². The van der Waals surface area contributed by atoms with Crippen molar-refractivity contribution in [1.29, 1.82) is 0 Å². The predicted molar refractivity (Wildman–Crippen MR) is 38.6 cm³/mol. The lowest BCUT2D eigenvalue weighted by molar-refractivity contribution is -0.387. The zero-order valence-electron chi connectivity index (χ0n) is 7.25. The molecule has 1 rings (SSSR count). The fraction of sp³-hybridized carbons (Fsp3) is 1.00. The van der Waals surface area contributed by atoms with Crippen molar-refractivity contribution in [2.75, 3.05) is 26.5 Å². The molecule has 2 unspecified atom stereocenters. The number of hydrogen-bond acceptors (Lipinski definition) is 4. The van der Waals surface area contributed by atoms with Gasteiger partial charge in [0.25, 0.3) is 0 Å². The Bertz CT molecular complexity index is 197. The fourth-order valence-corrected chi connectivity index (χ4v) is 1.15. The summed E-state index contributed by atoms with van der Waals surface area (Å²) in [5, 5.41) is 17.9. The van der Waals surface area contributed by atoms with Crippen LogP contribution in [0.3, 0.4) is 0 Å². The summed E-state index contributed by atoms with van der Waals surface area (Å²) in [7, 11) is 0. The molecule has 0 radical (unpaired) electrons. The third-order valence-corrected chi connectivity index (χ3v) is 1.94. The minimum absolute atomic E-state index is 0.386. The predicted octanol–water partition coefficient (Wildman–Crippen LogP) is -0.312. The zero-order valence-corrected chi connectivity index (χ0v) is 7.25. The van der Waals surface area contributed by atoms with Crippen molar-refractivity contribution < 1.29 is 32.9 Å². The van der Waals surface area contributed by atoms with Crippen LogP contribution < -0.4 is 0 Å².